The van der Waals surface area contributed by atoms with E-state index < -0.39 is 37.7 Å². The number of hydrogen-bond acceptors (Lipinski definition) is 6. The molecule has 11 nitrogen and oxygen atoms in total. The predicted molar refractivity (Wildman–Crippen MR) is 122 cm³/mol. The maximum atomic E-state index is 13.0. The monoisotopic (exact) mass is 493 g/mol. The predicted octanol–water partition coefficient (Wildman–Crippen LogP) is 1.82. The highest BCUT2D eigenvalue weighted by atomic mass is 31.2. The lowest BCUT2D eigenvalue weighted by Crippen LogP contribution is -2.52. The number of aliphatic carboxylic acids is 1. The maximum Gasteiger partial charge on any atom is 0.524 e. The molecule has 0 radical (unpaired) electrons. The Morgan fingerprint density at radius 3 is 2.24 bits per heavy atom. The number of phosphoric ester groups is 1. The molecule has 5 N–H and O–H groups in total. The van der Waals surface area contributed by atoms with Crippen LogP contribution in [0.15, 0.2) is 42.6 Å². The van der Waals surface area contributed by atoms with Crippen LogP contribution < -0.4 is 15.2 Å². The summed E-state index contributed by atoms with van der Waals surface area (Å²) >= 11 is 0. The van der Waals surface area contributed by atoms with Gasteiger partial charge in [0.2, 0.25) is 5.91 Å². The van der Waals surface area contributed by atoms with Crippen molar-refractivity contribution in [2.45, 2.75) is 45.7 Å². The van der Waals surface area contributed by atoms with Crippen LogP contribution in [0.2, 0.25) is 0 Å². The van der Waals surface area contributed by atoms with Crippen molar-refractivity contribution < 1.29 is 38.4 Å². The largest absolute Gasteiger partial charge is 0.524 e. The standard InChI is InChI=1S/C22H28N3O8P/c1-13(2)11-19(22(28)29)25-21(27)18(24-20(26)17-5-4-10-23-14(17)3)12-15-6-8-16(9-7-15)33-34(30,31)32/h4-10,13,18-19H,11-12H2,1-3H3,(H,24,26)(H,25,27)(H,28,29)(H2,30,31,32)/t18-,19-/m0/s1. The molecule has 1 aromatic carbocycles. The number of aromatic nitrogens is 1. The summed E-state index contributed by atoms with van der Waals surface area (Å²) in [6.45, 7) is 5.30. The molecule has 0 spiro atoms. The fraction of sp³-hybridized carbons (Fsp3) is 0.364. The molecule has 0 aliphatic heterocycles. The van der Waals surface area contributed by atoms with Gasteiger partial charge in [0.05, 0.1) is 5.56 Å². The van der Waals surface area contributed by atoms with Crippen molar-refractivity contribution in [1.82, 2.24) is 15.6 Å². The van der Waals surface area contributed by atoms with Crippen molar-refractivity contribution >= 4 is 25.6 Å². The number of aryl methyl sites for hydroxylation is 1. The van der Waals surface area contributed by atoms with Crippen LogP contribution >= 0.6 is 7.82 Å². The first-order chi connectivity index (χ1) is 15.9. The fourth-order valence-corrected chi connectivity index (χ4v) is 3.59. The Morgan fingerprint density at radius 2 is 1.71 bits per heavy atom. The molecule has 0 unspecified atom stereocenters. The Bertz CT molecular complexity index is 1070. The quantitative estimate of drug-likeness (QED) is 0.292. The van der Waals surface area contributed by atoms with Gasteiger partial charge in [-0.2, -0.15) is 0 Å². The number of nitrogens with zero attached hydrogens (tertiary/aromatic N) is 1. The van der Waals surface area contributed by atoms with Crippen LogP contribution in [0, 0.1) is 12.8 Å². The molecule has 2 aromatic rings. The number of carbonyl (C=O) groups is 3. The van der Waals surface area contributed by atoms with Crippen LogP contribution in [0.5, 0.6) is 5.75 Å². The summed E-state index contributed by atoms with van der Waals surface area (Å²) in [6.07, 6.45) is 1.72. The smallest absolute Gasteiger partial charge is 0.480 e. The van der Waals surface area contributed by atoms with Crippen molar-refractivity contribution in [2.24, 2.45) is 5.92 Å². The molecule has 1 heterocycles. The van der Waals surface area contributed by atoms with Crippen LogP contribution in [-0.2, 0) is 20.6 Å². The summed E-state index contributed by atoms with van der Waals surface area (Å²) in [4.78, 5) is 59.3. The summed E-state index contributed by atoms with van der Waals surface area (Å²) in [5, 5.41) is 14.6. The lowest BCUT2D eigenvalue weighted by Gasteiger charge is -2.23. The zero-order valence-electron chi connectivity index (χ0n) is 19.0. The number of phosphoric acid groups is 1. The van der Waals surface area contributed by atoms with Crippen molar-refractivity contribution in [1.29, 1.82) is 0 Å². The van der Waals surface area contributed by atoms with Gasteiger partial charge in [-0.3, -0.25) is 24.4 Å². The average Bonchev–Trinajstić information content (AvgIpc) is 2.72. The van der Waals surface area contributed by atoms with Gasteiger partial charge in [0, 0.05) is 18.3 Å². The van der Waals surface area contributed by atoms with Gasteiger partial charge in [0.25, 0.3) is 5.91 Å². The van der Waals surface area contributed by atoms with Gasteiger partial charge >= 0.3 is 13.8 Å². The summed E-state index contributed by atoms with van der Waals surface area (Å²) < 4.78 is 15.5. The van der Waals surface area contributed by atoms with Crippen LogP contribution in [0.4, 0.5) is 0 Å². The Labute approximate surface area is 196 Å². The lowest BCUT2D eigenvalue weighted by molar-refractivity contribution is -0.142. The van der Waals surface area contributed by atoms with E-state index in [4.69, 9.17) is 9.79 Å². The Balaban J connectivity index is 2.26. The molecule has 2 rings (SSSR count). The highest BCUT2D eigenvalue weighted by molar-refractivity contribution is 7.46. The van der Waals surface area contributed by atoms with Crippen molar-refractivity contribution in [3.05, 3.63) is 59.4 Å². The molecule has 0 aliphatic carbocycles. The molecule has 2 amide bonds. The molecule has 12 heteroatoms. The van der Waals surface area contributed by atoms with Crippen molar-refractivity contribution in [2.75, 3.05) is 0 Å². The number of amides is 2. The molecular weight excluding hydrogens is 465 g/mol. The van der Waals surface area contributed by atoms with E-state index in [2.05, 4.69) is 20.1 Å². The van der Waals surface area contributed by atoms with E-state index in [1.54, 1.807) is 19.1 Å². The number of pyridine rings is 1. The van der Waals surface area contributed by atoms with Crippen molar-refractivity contribution in [3.8, 4) is 5.75 Å². The van der Waals surface area contributed by atoms with Crippen LogP contribution in [-0.4, -0.2) is 49.7 Å². The summed E-state index contributed by atoms with van der Waals surface area (Å²) in [5.41, 5.74) is 1.26. The molecular formula is C22H28N3O8P. The molecule has 34 heavy (non-hydrogen) atoms. The first-order valence-corrected chi connectivity index (χ1v) is 12.0. The second kappa shape index (κ2) is 11.7. The molecule has 0 aliphatic rings. The SMILES string of the molecule is Cc1ncccc1C(=O)N[C@@H](Cc1ccc(OP(=O)(O)O)cc1)C(=O)N[C@@H](CC(C)C)C(=O)O. The zero-order chi connectivity index (χ0) is 25.5. The summed E-state index contributed by atoms with van der Waals surface area (Å²) in [6, 6.07) is 6.47. The highest BCUT2D eigenvalue weighted by Gasteiger charge is 2.28. The van der Waals surface area contributed by atoms with E-state index >= 15 is 0 Å². The average molecular weight is 493 g/mol. The lowest BCUT2D eigenvalue weighted by atomic mass is 10.0. The molecule has 1 aromatic heterocycles. The molecule has 2 atom stereocenters. The Hall–Kier alpha value is -3.27. The molecule has 0 saturated carbocycles. The molecule has 184 valence electrons. The number of benzene rings is 1. The third kappa shape index (κ3) is 8.58. The normalized spacial score (nSPS) is 13.1. The number of carboxylic acid groups (broad SMARTS) is 1. The first kappa shape index (κ1) is 27.0. The second-order valence-electron chi connectivity index (χ2n) is 8.12. The van der Waals surface area contributed by atoms with Gasteiger partial charge in [0.15, 0.2) is 0 Å². The number of carboxylic acids is 1. The third-order valence-electron chi connectivity index (χ3n) is 4.78. The number of carbonyl (C=O) groups excluding carboxylic acids is 2. The van der Waals surface area contributed by atoms with Gasteiger partial charge in [0.1, 0.15) is 17.8 Å². The van der Waals surface area contributed by atoms with Gasteiger partial charge in [-0.1, -0.05) is 26.0 Å². The second-order valence-corrected chi connectivity index (χ2v) is 9.29. The van der Waals surface area contributed by atoms with Gasteiger partial charge in [-0.25, -0.2) is 9.36 Å². The van der Waals surface area contributed by atoms with E-state index in [0.29, 0.717) is 11.3 Å². The third-order valence-corrected chi connectivity index (χ3v) is 5.23. The molecule has 0 saturated heterocycles. The topological polar surface area (TPSA) is 175 Å². The molecule has 0 bridgehead atoms. The minimum Gasteiger partial charge on any atom is -0.480 e. The summed E-state index contributed by atoms with van der Waals surface area (Å²) in [5.74, 6) is -2.49. The van der Waals surface area contributed by atoms with Crippen LogP contribution in [0.25, 0.3) is 0 Å². The Morgan fingerprint density at radius 1 is 1.06 bits per heavy atom. The number of rotatable bonds is 11. The van der Waals surface area contributed by atoms with Crippen molar-refractivity contribution in [3.63, 3.8) is 0 Å². The number of nitrogens with one attached hydrogen (secondary N) is 2. The minimum absolute atomic E-state index is 0.00838. The minimum atomic E-state index is -4.72. The summed E-state index contributed by atoms with van der Waals surface area (Å²) in [7, 11) is -4.72. The Kier molecular flexibility index (Phi) is 9.31. The highest BCUT2D eigenvalue weighted by Crippen LogP contribution is 2.37. The van der Waals surface area contributed by atoms with E-state index in [-0.39, 0.29) is 30.1 Å². The van der Waals surface area contributed by atoms with Gasteiger partial charge in [-0.05, 0) is 49.1 Å². The van der Waals surface area contributed by atoms with E-state index in [0.717, 1.165) is 0 Å². The maximum absolute atomic E-state index is 13.0. The zero-order valence-corrected chi connectivity index (χ0v) is 19.9. The van der Waals surface area contributed by atoms with E-state index in [9.17, 15) is 24.1 Å². The molecule has 0 fully saturated rings. The first-order valence-electron chi connectivity index (χ1n) is 10.5. The van der Waals surface area contributed by atoms with Gasteiger partial charge < -0.3 is 20.3 Å². The van der Waals surface area contributed by atoms with Gasteiger partial charge in [-0.15, -0.1) is 0 Å². The van der Waals surface area contributed by atoms with E-state index in [1.807, 2.05) is 13.8 Å². The fourth-order valence-electron chi connectivity index (χ4n) is 3.19. The number of hydrogen-bond donors (Lipinski definition) is 5. The van der Waals surface area contributed by atoms with Crippen LogP contribution in [0.3, 0.4) is 0 Å². The van der Waals surface area contributed by atoms with Crippen LogP contribution in [0.1, 0.15) is 41.9 Å². The van der Waals surface area contributed by atoms with E-state index in [1.165, 1.54) is 30.5 Å².